The number of amides is 1. The van der Waals surface area contributed by atoms with Crippen molar-refractivity contribution in [1.29, 1.82) is 0 Å². The van der Waals surface area contributed by atoms with Crippen molar-refractivity contribution < 1.29 is 9.53 Å². The highest BCUT2D eigenvalue weighted by molar-refractivity contribution is 8.00. The second kappa shape index (κ2) is 8.44. The summed E-state index contributed by atoms with van der Waals surface area (Å²) < 4.78 is 5.47. The highest BCUT2D eigenvalue weighted by atomic mass is 32.2. The van der Waals surface area contributed by atoms with Gasteiger partial charge in [-0.3, -0.25) is 9.69 Å². The molecule has 1 aromatic rings. The van der Waals surface area contributed by atoms with Gasteiger partial charge in [-0.2, -0.15) is 11.8 Å². The zero-order chi connectivity index (χ0) is 15.9. The number of ether oxygens (including phenoxy) is 1. The van der Waals surface area contributed by atoms with Crippen LogP contribution < -0.4 is 10.1 Å². The SMILES string of the molecule is CCNC(=O)COc1ccc(CN2CCSC(C)C2C)cc1. The predicted molar refractivity (Wildman–Crippen MR) is 92.4 cm³/mol. The molecular weight excluding hydrogens is 296 g/mol. The number of benzene rings is 1. The number of thioether (sulfide) groups is 1. The smallest absolute Gasteiger partial charge is 0.257 e. The third-order valence-electron chi connectivity index (χ3n) is 4.07. The van der Waals surface area contributed by atoms with E-state index in [1.54, 1.807) is 0 Å². The van der Waals surface area contributed by atoms with Crippen LogP contribution in [0.15, 0.2) is 24.3 Å². The number of nitrogens with one attached hydrogen (secondary N) is 1. The van der Waals surface area contributed by atoms with Crippen LogP contribution in [0.4, 0.5) is 0 Å². The molecule has 2 rings (SSSR count). The van der Waals surface area contributed by atoms with Crippen molar-refractivity contribution in [3.8, 4) is 5.75 Å². The second-order valence-electron chi connectivity index (χ2n) is 5.67. The molecule has 5 heteroatoms. The first kappa shape index (κ1) is 17.2. The third-order valence-corrected chi connectivity index (χ3v) is 5.41. The minimum atomic E-state index is -0.0831. The lowest BCUT2D eigenvalue weighted by molar-refractivity contribution is -0.122. The Labute approximate surface area is 137 Å². The van der Waals surface area contributed by atoms with Crippen LogP contribution in [-0.4, -0.2) is 47.5 Å². The first-order valence-corrected chi connectivity index (χ1v) is 8.99. The molecule has 122 valence electrons. The van der Waals surface area contributed by atoms with Gasteiger partial charge in [-0.25, -0.2) is 0 Å². The molecule has 1 N–H and O–H groups in total. The maximum absolute atomic E-state index is 11.4. The molecule has 22 heavy (non-hydrogen) atoms. The molecule has 1 saturated heterocycles. The monoisotopic (exact) mass is 322 g/mol. The van der Waals surface area contributed by atoms with Crippen molar-refractivity contribution in [2.24, 2.45) is 0 Å². The van der Waals surface area contributed by atoms with Gasteiger partial charge in [0.2, 0.25) is 0 Å². The number of carbonyl (C=O) groups is 1. The molecule has 0 spiro atoms. The maximum Gasteiger partial charge on any atom is 0.257 e. The quantitative estimate of drug-likeness (QED) is 0.874. The summed E-state index contributed by atoms with van der Waals surface area (Å²) in [5, 5.41) is 3.41. The molecule has 0 aliphatic carbocycles. The normalized spacial score (nSPS) is 22.3. The number of rotatable bonds is 6. The van der Waals surface area contributed by atoms with Gasteiger partial charge in [0, 0.05) is 36.7 Å². The summed E-state index contributed by atoms with van der Waals surface area (Å²) in [6.07, 6.45) is 0. The van der Waals surface area contributed by atoms with Crippen LogP contribution in [0.2, 0.25) is 0 Å². The van der Waals surface area contributed by atoms with Gasteiger partial charge >= 0.3 is 0 Å². The summed E-state index contributed by atoms with van der Waals surface area (Å²) in [5.74, 6) is 1.87. The molecule has 1 aliphatic heterocycles. The summed E-state index contributed by atoms with van der Waals surface area (Å²) >= 11 is 2.06. The molecule has 1 aromatic carbocycles. The topological polar surface area (TPSA) is 41.6 Å². The number of hydrogen-bond acceptors (Lipinski definition) is 4. The Kier molecular flexibility index (Phi) is 6.58. The summed E-state index contributed by atoms with van der Waals surface area (Å²) in [4.78, 5) is 13.9. The highest BCUT2D eigenvalue weighted by Crippen LogP contribution is 2.25. The molecule has 4 nitrogen and oxygen atoms in total. The van der Waals surface area contributed by atoms with Gasteiger partial charge in [-0.05, 0) is 31.5 Å². The molecule has 1 aliphatic rings. The van der Waals surface area contributed by atoms with E-state index in [1.807, 2.05) is 19.1 Å². The van der Waals surface area contributed by atoms with Gasteiger partial charge in [-0.1, -0.05) is 19.1 Å². The molecule has 2 atom stereocenters. The van der Waals surface area contributed by atoms with Crippen molar-refractivity contribution in [1.82, 2.24) is 10.2 Å². The molecule has 0 saturated carbocycles. The van der Waals surface area contributed by atoms with Crippen molar-refractivity contribution in [3.05, 3.63) is 29.8 Å². The van der Waals surface area contributed by atoms with Crippen LogP contribution in [0.25, 0.3) is 0 Å². The van der Waals surface area contributed by atoms with Crippen LogP contribution in [0.5, 0.6) is 5.75 Å². The lowest BCUT2D eigenvalue weighted by Crippen LogP contribution is -2.43. The molecular formula is C17H26N2O2S. The van der Waals surface area contributed by atoms with Gasteiger partial charge in [0.25, 0.3) is 5.91 Å². The first-order chi connectivity index (χ1) is 10.6. The van der Waals surface area contributed by atoms with Crippen LogP contribution >= 0.6 is 11.8 Å². The van der Waals surface area contributed by atoms with E-state index in [0.717, 1.165) is 18.8 Å². The van der Waals surface area contributed by atoms with Crippen LogP contribution in [0, 0.1) is 0 Å². The Balaban J connectivity index is 1.85. The van der Waals surface area contributed by atoms with Crippen molar-refractivity contribution in [2.75, 3.05) is 25.4 Å². The largest absolute Gasteiger partial charge is 0.484 e. The van der Waals surface area contributed by atoms with Crippen molar-refractivity contribution >= 4 is 17.7 Å². The van der Waals surface area contributed by atoms with E-state index in [-0.39, 0.29) is 12.5 Å². The highest BCUT2D eigenvalue weighted by Gasteiger charge is 2.24. The van der Waals surface area contributed by atoms with Gasteiger partial charge in [-0.15, -0.1) is 0 Å². The first-order valence-electron chi connectivity index (χ1n) is 7.94. The number of carbonyl (C=O) groups excluding carboxylic acids is 1. The second-order valence-corrected chi connectivity index (χ2v) is 7.16. The standard InChI is InChI=1S/C17H26N2O2S/c1-4-18-17(20)12-21-16-7-5-15(6-8-16)11-19-9-10-22-14(3)13(19)2/h5-8,13-14H,4,9-12H2,1-3H3,(H,18,20). The molecule has 0 radical (unpaired) electrons. The van der Waals surface area contributed by atoms with Crippen molar-refractivity contribution in [2.45, 2.75) is 38.6 Å². The lowest BCUT2D eigenvalue weighted by Gasteiger charge is -2.37. The zero-order valence-corrected chi connectivity index (χ0v) is 14.5. The Bertz CT molecular complexity index is 478. The summed E-state index contributed by atoms with van der Waals surface area (Å²) in [6.45, 7) is 9.33. The average Bonchev–Trinajstić information content (AvgIpc) is 2.51. The van der Waals surface area contributed by atoms with Crippen molar-refractivity contribution in [3.63, 3.8) is 0 Å². The maximum atomic E-state index is 11.4. The summed E-state index contributed by atoms with van der Waals surface area (Å²) in [7, 11) is 0. The fourth-order valence-corrected chi connectivity index (χ4v) is 3.70. The van der Waals surface area contributed by atoms with Crippen LogP contribution in [0.3, 0.4) is 0 Å². The summed E-state index contributed by atoms with van der Waals surface area (Å²) in [5.41, 5.74) is 1.29. The minimum absolute atomic E-state index is 0.0745. The fourth-order valence-electron chi connectivity index (χ4n) is 2.54. The molecule has 1 heterocycles. The molecule has 0 aromatic heterocycles. The third kappa shape index (κ3) is 4.92. The van der Waals surface area contributed by atoms with Crippen LogP contribution in [-0.2, 0) is 11.3 Å². The Morgan fingerprint density at radius 2 is 2.09 bits per heavy atom. The van der Waals surface area contributed by atoms with Crippen LogP contribution in [0.1, 0.15) is 26.3 Å². The van der Waals surface area contributed by atoms with E-state index in [9.17, 15) is 4.79 Å². The van der Waals surface area contributed by atoms with E-state index >= 15 is 0 Å². The minimum Gasteiger partial charge on any atom is -0.484 e. The van der Waals surface area contributed by atoms with E-state index in [4.69, 9.17) is 4.74 Å². The Morgan fingerprint density at radius 1 is 1.36 bits per heavy atom. The van der Waals surface area contributed by atoms with Gasteiger partial charge in [0.1, 0.15) is 5.75 Å². The molecule has 1 amide bonds. The summed E-state index contributed by atoms with van der Waals surface area (Å²) in [6, 6.07) is 8.67. The van der Waals surface area contributed by atoms with E-state index in [2.05, 4.69) is 48.0 Å². The lowest BCUT2D eigenvalue weighted by atomic mass is 10.1. The predicted octanol–water partition coefficient (Wildman–Crippen LogP) is 2.53. The Morgan fingerprint density at radius 3 is 2.77 bits per heavy atom. The van der Waals surface area contributed by atoms with E-state index < -0.39 is 0 Å². The zero-order valence-electron chi connectivity index (χ0n) is 13.7. The molecule has 1 fully saturated rings. The number of nitrogens with zero attached hydrogens (tertiary/aromatic N) is 1. The fraction of sp³-hybridized carbons (Fsp3) is 0.588. The Hall–Kier alpha value is -1.20. The van der Waals surface area contributed by atoms with E-state index in [1.165, 1.54) is 11.3 Å². The number of likely N-dealkylation sites (N-methyl/N-ethyl adjacent to an activating group) is 1. The van der Waals surface area contributed by atoms with E-state index in [0.29, 0.717) is 17.8 Å². The van der Waals surface area contributed by atoms with Gasteiger partial charge in [0.05, 0.1) is 0 Å². The number of hydrogen-bond donors (Lipinski definition) is 1. The van der Waals surface area contributed by atoms with Gasteiger partial charge < -0.3 is 10.1 Å². The van der Waals surface area contributed by atoms with Gasteiger partial charge in [0.15, 0.2) is 6.61 Å². The molecule has 2 unspecified atom stereocenters. The average molecular weight is 322 g/mol. The molecule has 0 bridgehead atoms.